The number of halogens is 4. The van der Waals surface area contributed by atoms with Gasteiger partial charge < -0.3 is 0 Å². The topological polar surface area (TPSA) is 52.0 Å². The Morgan fingerprint density at radius 2 is 1.80 bits per heavy atom. The predicted molar refractivity (Wildman–Crippen MR) is 98.5 cm³/mol. The maximum absolute atomic E-state index is 13.3. The minimum atomic E-state index is -4.60. The van der Waals surface area contributed by atoms with Crippen LogP contribution in [0.3, 0.4) is 0 Å². The number of rotatable bonds is 3. The van der Waals surface area contributed by atoms with E-state index in [9.17, 15) is 21.6 Å². The molecule has 1 aromatic carbocycles. The average Bonchev–Trinajstić information content (AvgIpc) is 3.13. The van der Waals surface area contributed by atoms with E-state index >= 15 is 0 Å². The quantitative estimate of drug-likeness (QED) is 0.483. The first-order valence-corrected chi connectivity index (χ1v) is 10.5. The molecule has 0 aliphatic rings. The second-order valence-electron chi connectivity index (χ2n) is 5.19. The lowest BCUT2D eigenvalue weighted by molar-refractivity contribution is -0.144. The number of thiophene rings is 1. The van der Waals surface area contributed by atoms with Gasteiger partial charge in [-0.05, 0) is 23.6 Å². The third-order valence-electron chi connectivity index (χ3n) is 3.39. The molecular weight excluding hydrogens is 488 g/mol. The molecule has 0 unspecified atom stereocenters. The van der Waals surface area contributed by atoms with Crippen molar-refractivity contribution < 1.29 is 21.6 Å². The zero-order chi connectivity index (χ0) is 18.4. The van der Waals surface area contributed by atoms with Crippen molar-refractivity contribution in [3.05, 3.63) is 47.6 Å². The Hall–Kier alpha value is -1.40. The van der Waals surface area contributed by atoms with Gasteiger partial charge in [0.15, 0.2) is 9.84 Å². The molecule has 132 valence electrons. The van der Waals surface area contributed by atoms with E-state index in [4.69, 9.17) is 0 Å². The van der Waals surface area contributed by atoms with Gasteiger partial charge in [-0.2, -0.15) is 13.2 Å². The van der Waals surface area contributed by atoms with Gasteiger partial charge in [-0.3, -0.25) is 2.78 Å². The number of hydrogen-bond acceptors (Lipinski definition) is 4. The molecule has 0 spiro atoms. The molecule has 0 saturated heterocycles. The van der Waals surface area contributed by atoms with Crippen molar-refractivity contribution in [3.63, 3.8) is 0 Å². The molecule has 0 N–H and O–H groups in total. The van der Waals surface area contributed by atoms with Gasteiger partial charge in [0.2, 0.25) is 5.82 Å². The van der Waals surface area contributed by atoms with Crippen LogP contribution in [0.5, 0.6) is 0 Å². The van der Waals surface area contributed by atoms with Crippen molar-refractivity contribution >= 4 is 44.0 Å². The second-order valence-corrected chi connectivity index (χ2v) is 9.11. The lowest BCUT2D eigenvalue weighted by Gasteiger charge is -2.06. The van der Waals surface area contributed by atoms with Gasteiger partial charge in [0.05, 0.1) is 44.0 Å². The fourth-order valence-corrected chi connectivity index (χ4v) is 4.69. The maximum atomic E-state index is 13.3. The van der Waals surface area contributed by atoms with Gasteiger partial charge in [0, 0.05) is 11.8 Å². The highest BCUT2D eigenvalue weighted by atomic mass is 127. The van der Waals surface area contributed by atoms with Crippen LogP contribution in [0.25, 0.3) is 21.8 Å². The van der Waals surface area contributed by atoms with Crippen molar-refractivity contribution in [2.24, 2.45) is 0 Å². The van der Waals surface area contributed by atoms with Crippen LogP contribution in [-0.4, -0.2) is 22.4 Å². The van der Waals surface area contributed by atoms with Crippen LogP contribution in [0.2, 0.25) is 0 Å². The van der Waals surface area contributed by atoms with Crippen LogP contribution in [0.15, 0.2) is 46.7 Å². The number of hydrogen-bond donors (Lipinski definition) is 0. The fourth-order valence-electron chi connectivity index (χ4n) is 2.26. The molecule has 25 heavy (non-hydrogen) atoms. The van der Waals surface area contributed by atoms with Crippen LogP contribution < -0.4 is 0 Å². The summed E-state index contributed by atoms with van der Waals surface area (Å²) in [6.45, 7) is 0. The summed E-state index contributed by atoms with van der Waals surface area (Å²) in [6.07, 6.45) is -3.53. The molecule has 0 aliphatic carbocycles. The summed E-state index contributed by atoms with van der Waals surface area (Å²) in [5, 5.41) is 1.77. The van der Waals surface area contributed by atoms with Gasteiger partial charge in [-0.15, -0.1) is 11.3 Å². The Balaban J connectivity index is 2.22. The molecule has 0 aliphatic heterocycles. The molecule has 2 aromatic heterocycles. The van der Waals surface area contributed by atoms with E-state index in [2.05, 4.69) is 4.98 Å². The van der Waals surface area contributed by atoms with E-state index in [1.807, 2.05) is 0 Å². The minimum Gasteiger partial charge on any atom is -0.259 e. The largest absolute Gasteiger partial charge is 0.450 e. The lowest BCUT2D eigenvalue weighted by atomic mass is 10.1. The molecule has 3 rings (SSSR count). The third kappa shape index (κ3) is 3.60. The molecule has 0 atom stereocenters. The van der Waals surface area contributed by atoms with Crippen LogP contribution in [0.1, 0.15) is 5.82 Å². The fraction of sp³-hybridized carbons (Fsp3) is 0.133. The first kappa shape index (κ1) is 18.4. The Labute approximate surface area is 159 Å². The van der Waals surface area contributed by atoms with Crippen LogP contribution in [0.4, 0.5) is 13.2 Å². The highest BCUT2D eigenvalue weighted by molar-refractivity contribution is 14.1. The Bertz CT molecular complexity index is 1010. The van der Waals surface area contributed by atoms with E-state index in [-0.39, 0.29) is 10.6 Å². The molecule has 4 nitrogen and oxygen atoms in total. The van der Waals surface area contributed by atoms with Gasteiger partial charge >= 0.3 is 6.18 Å². The number of aromatic nitrogens is 2. The summed E-state index contributed by atoms with van der Waals surface area (Å²) in [5.41, 5.74) is 0.899. The molecule has 10 heteroatoms. The van der Waals surface area contributed by atoms with Crippen LogP contribution >= 0.6 is 34.2 Å². The lowest BCUT2D eigenvalue weighted by Crippen LogP contribution is -2.10. The van der Waals surface area contributed by atoms with Crippen molar-refractivity contribution in [2.75, 3.05) is 6.26 Å². The minimum absolute atomic E-state index is 0.0962. The molecule has 0 saturated carbocycles. The van der Waals surface area contributed by atoms with Crippen LogP contribution in [-0.2, 0) is 16.0 Å². The molecule has 0 radical (unpaired) electrons. The normalized spacial score (nSPS) is 12.5. The van der Waals surface area contributed by atoms with Crippen molar-refractivity contribution in [3.8, 4) is 21.8 Å². The zero-order valence-corrected chi connectivity index (χ0v) is 16.4. The number of benzene rings is 1. The van der Waals surface area contributed by atoms with Gasteiger partial charge in [-0.25, -0.2) is 13.4 Å². The SMILES string of the molecule is CS(=O)(=O)c1ccc(-c2nc(C(F)(F)F)n(I)c2-c2cccs2)cc1. The monoisotopic (exact) mass is 498 g/mol. The van der Waals surface area contributed by atoms with Crippen molar-refractivity contribution in [2.45, 2.75) is 11.1 Å². The predicted octanol–water partition coefficient (Wildman–Crippen LogP) is 4.90. The summed E-state index contributed by atoms with van der Waals surface area (Å²) in [7, 11) is -3.39. The van der Waals surface area contributed by atoms with E-state index in [0.717, 1.165) is 9.04 Å². The number of sulfone groups is 1. The van der Waals surface area contributed by atoms with Gasteiger partial charge in [0.1, 0.15) is 0 Å². The zero-order valence-electron chi connectivity index (χ0n) is 12.6. The first-order valence-electron chi connectivity index (χ1n) is 6.79. The second kappa shape index (κ2) is 6.40. The molecule has 0 fully saturated rings. The summed E-state index contributed by atoms with van der Waals surface area (Å²) in [4.78, 5) is 4.52. The average molecular weight is 498 g/mol. The molecule has 2 heterocycles. The molecule has 0 amide bonds. The highest BCUT2D eigenvalue weighted by Crippen LogP contribution is 2.41. The highest BCUT2D eigenvalue weighted by Gasteiger charge is 2.39. The van der Waals surface area contributed by atoms with E-state index < -0.39 is 21.8 Å². The Morgan fingerprint density at radius 3 is 2.28 bits per heavy atom. The Kier molecular flexibility index (Phi) is 4.71. The first-order chi connectivity index (χ1) is 11.6. The standard InChI is InChI=1S/C15H10F3IN2O2S2/c1-25(22,23)10-6-4-9(5-7-10)12-13(11-3-2-8-24-11)21(19)14(20-12)15(16,17)18/h2-8H,1H3. The third-order valence-corrected chi connectivity index (χ3v) is 6.33. The molecule has 3 aromatic rings. The van der Waals surface area contributed by atoms with Gasteiger partial charge in [0.25, 0.3) is 0 Å². The number of alkyl halides is 3. The summed E-state index contributed by atoms with van der Waals surface area (Å²) in [6, 6.07) is 9.11. The van der Waals surface area contributed by atoms with E-state index in [1.54, 1.807) is 40.4 Å². The summed E-state index contributed by atoms with van der Waals surface area (Å²) in [5.74, 6) is -1.02. The summed E-state index contributed by atoms with van der Waals surface area (Å²) < 4.78 is 63.9. The van der Waals surface area contributed by atoms with Crippen molar-refractivity contribution in [1.29, 1.82) is 0 Å². The van der Waals surface area contributed by atoms with Crippen LogP contribution in [0, 0.1) is 0 Å². The molecule has 0 bridgehead atoms. The van der Waals surface area contributed by atoms with E-state index in [0.29, 0.717) is 16.1 Å². The smallest absolute Gasteiger partial charge is 0.259 e. The van der Waals surface area contributed by atoms with Crippen molar-refractivity contribution in [1.82, 2.24) is 7.76 Å². The van der Waals surface area contributed by atoms with Gasteiger partial charge in [-0.1, -0.05) is 18.2 Å². The number of imidazole rings is 1. The summed E-state index contributed by atoms with van der Waals surface area (Å²) >= 11 is 2.88. The Morgan fingerprint density at radius 1 is 1.16 bits per heavy atom. The maximum Gasteiger partial charge on any atom is 0.450 e. The number of nitrogens with zero attached hydrogens (tertiary/aromatic N) is 2. The van der Waals surface area contributed by atoms with E-state index in [1.165, 1.54) is 35.6 Å². The molecular formula is C15H10F3IN2O2S2.